The van der Waals surface area contributed by atoms with Crippen LogP contribution in [-0.2, 0) is 6.42 Å². The van der Waals surface area contributed by atoms with Gasteiger partial charge in [-0.3, -0.25) is 4.98 Å². The highest BCUT2D eigenvalue weighted by Gasteiger charge is 2.17. The van der Waals surface area contributed by atoms with Crippen LogP contribution in [0, 0.1) is 24.3 Å². The zero-order chi connectivity index (χ0) is 15.6. The van der Waals surface area contributed by atoms with Crippen molar-refractivity contribution in [3.63, 3.8) is 0 Å². The van der Waals surface area contributed by atoms with Gasteiger partial charge in [-0.15, -0.1) is 0 Å². The van der Waals surface area contributed by atoms with E-state index in [4.69, 9.17) is 4.74 Å². The fourth-order valence-corrected chi connectivity index (χ4v) is 3.22. The molecule has 1 atom stereocenters. The first-order valence-corrected chi connectivity index (χ1v) is 7.95. The molecule has 112 valence electrons. The van der Waals surface area contributed by atoms with Crippen LogP contribution in [0.4, 0.5) is 0 Å². The molecule has 0 saturated heterocycles. The first-order chi connectivity index (χ1) is 9.95. The third-order valence-electron chi connectivity index (χ3n) is 3.72. The van der Waals surface area contributed by atoms with E-state index >= 15 is 0 Å². The fraction of sp³-hybridized carbons (Fsp3) is 0.353. The molecule has 2 rings (SSSR count). The Bertz CT molecular complexity index is 655. The number of rotatable bonds is 4. The topological polar surface area (TPSA) is 42.4 Å². The average molecular weight is 397 g/mol. The lowest BCUT2D eigenvalue weighted by Crippen LogP contribution is -2.08. The number of pyridine rings is 1. The van der Waals surface area contributed by atoms with Crippen molar-refractivity contribution >= 4 is 22.6 Å². The summed E-state index contributed by atoms with van der Waals surface area (Å²) in [4.78, 5) is 4.46. The SMILES string of the molecule is COc1c(C)cnc(CC(O)c2cccc(C)c2I)c1C. The first kappa shape index (κ1) is 16.2. The average Bonchev–Trinajstić information content (AvgIpc) is 2.45. The molecule has 0 radical (unpaired) electrons. The van der Waals surface area contributed by atoms with E-state index in [1.807, 2.05) is 26.0 Å². The Morgan fingerprint density at radius 3 is 2.62 bits per heavy atom. The van der Waals surface area contributed by atoms with Crippen LogP contribution in [0.3, 0.4) is 0 Å². The Labute approximate surface area is 139 Å². The van der Waals surface area contributed by atoms with Gasteiger partial charge in [-0.1, -0.05) is 18.2 Å². The number of aliphatic hydroxyl groups excluding tert-OH is 1. The van der Waals surface area contributed by atoms with Gasteiger partial charge in [-0.05, 0) is 54.5 Å². The van der Waals surface area contributed by atoms with Gasteiger partial charge >= 0.3 is 0 Å². The molecule has 1 N–H and O–H groups in total. The summed E-state index contributed by atoms with van der Waals surface area (Å²) in [6.07, 6.45) is 1.73. The molecule has 0 aliphatic carbocycles. The minimum absolute atomic E-state index is 0.488. The summed E-state index contributed by atoms with van der Waals surface area (Å²) in [5, 5.41) is 10.6. The van der Waals surface area contributed by atoms with Crippen molar-refractivity contribution < 1.29 is 9.84 Å². The predicted molar refractivity (Wildman–Crippen MR) is 92.8 cm³/mol. The summed E-state index contributed by atoms with van der Waals surface area (Å²) in [5.74, 6) is 0.853. The summed E-state index contributed by atoms with van der Waals surface area (Å²) in [6.45, 7) is 6.01. The van der Waals surface area contributed by atoms with Gasteiger partial charge in [0.25, 0.3) is 0 Å². The zero-order valence-electron chi connectivity index (χ0n) is 12.8. The molecule has 1 aromatic carbocycles. The van der Waals surface area contributed by atoms with Crippen molar-refractivity contribution in [2.75, 3.05) is 7.11 Å². The summed E-state index contributed by atoms with van der Waals surface area (Å²) >= 11 is 2.29. The number of nitrogens with zero attached hydrogens (tertiary/aromatic N) is 1. The van der Waals surface area contributed by atoms with Crippen LogP contribution in [0.15, 0.2) is 24.4 Å². The van der Waals surface area contributed by atoms with Gasteiger partial charge in [0.2, 0.25) is 0 Å². The number of methoxy groups -OCH3 is 1. The summed E-state index contributed by atoms with van der Waals surface area (Å²) in [7, 11) is 1.67. The zero-order valence-corrected chi connectivity index (χ0v) is 14.9. The van der Waals surface area contributed by atoms with Crippen LogP contribution >= 0.6 is 22.6 Å². The third kappa shape index (κ3) is 3.37. The molecule has 0 spiro atoms. The van der Waals surface area contributed by atoms with E-state index in [-0.39, 0.29) is 0 Å². The molecule has 1 heterocycles. The molecule has 1 unspecified atom stereocenters. The van der Waals surface area contributed by atoms with Gasteiger partial charge in [-0.25, -0.2) is 0 Å². The number of hydrogen-bond acceptors (Lipinski definition) is 3. The molecule has 0 bridgehead atoms. The van der Waals surface area contributed by atoms with Crippen LogP contribution in [0.2, 0.25) is 0 Å². The standard InChI is InChI=1S/C17H20INO2/c1-10-6-5-7-13(16(10)18)15(20)8-14-12(3)17(21-4)11(2)9-19-14/h5-7,9,15,20H,8H2,1-4H3. The van der Waals surface area contributed by atoms with Gasteiger partial charge in [0.1, 0.15) is 5.75 Å². The Kier molecular flexibility index (Phi) is 5.22. The van der Waals surface area contributed by atoms with Gasteiger partial charge in [0.05, 0.1) is 13.2 Å². The Balaban J connectivity index is 2.32. The van der Waals surface area contributed by atoms with E-state index < -0.39 is 6.10 Å². The van der Waals surface area contributed by atoms with Crippen molar-refractivity contribution in [2.24, 2.45) is 0 Å². The largest absolute Gasteiger partial charge is 0.496 e. The quantitative estimate of drug-likeness (QED) is 0.796. The molecule has 0 aliphatic rings. The van der Waals surface area contributed by atoms with E-state index in [0.29, 0.717) is 6.42 Å². The van der Waals surface area contributed by atoms with Crippen molar-refractivity contribution in [2.45, 2.75) is 33.3 Å². The lowest BCUT2D eigenvalue weighted by molar-refractivity contribution is 0.176. The minimum Gasteiger partial charge on any atom is -0.496 e. The molecule has 4 heteroatoms. The molecule has 3 nitrogen and oxygen atoms in total. The first-order valence-electron chi connectivity index (χ1n) is 6.87. The van der Waals surface area contributed by atoms with Crippen molar-refractivity contribution in [1.82, 2.24) is 4.98 Å². The van der Waals surface area contributed by atoms with Crippen molar-refractivity contribution in [3.8, 4) is 5.75 Å². The van der Waals surface area contributed by atoms with Gasteiger partial charge in [0.15, 0.2) is 0 Å². The maximum Gasteiger partial charge on any atom is 0.128 e. The molecule has 0 saturated carbocycles. The summed E-state index contributed by atoms with van der Waals surface area (Å²) in [5.41, 5.74) is 5.02. The molecule has 0 amide bonds. The number of aryl methyl sites for hydroxylation is 2. The molecule has 21 heavy (non-hydrogen) atoms. The van der Waals surface area contributed by atoms with Crippen LogP contribution in [0.5, 0.6) is 5.75 Å². The van der Waals surface area contributed by atoms with Crippen LogP contribution in [0.25, 0.3) is 0 Å². The number of halogens is 1. The summed E-state index contributed by atoms with van der Waals surface area (Å²) in [6, 6.07) is 6.00. The molecule has 0 aliphatic heterocycles. The molecule has 0 fully saturated rings. The predicted octanol–water partition coefficient (Wildman–Crippen LogP) is 3.90. The van der Waals surface area contributed by atoms with E-state index in [1.54, 1.807) is 13.3 Å². The second-order valence-electron chi connectivity index (χ2n) is 5.24. The normalized spacial score (nSPS) is 12.3. The number of aromatic nitrogens is 1. The Morgan fingerprint density at radius 2 is 1.95 bits per heavy atom. The van der Waals surface area contributed by atoms with E-state index in [1.165, 1.54) is 5.56 Å². The van der Waals surface area contributed by atoms with Gasteiger partial charge in [0, 0.05) is 33.0 Å². The van der Waals surface area contributed by atoms with Crippen LogP contribution in [-0.4, -0.2) is 17.2 Å². The van der Waals surface area contributed by atoms with Crippen LogP contribution < -0.4 is 4.74 Å². The number of hydrogen-bond donors (Lipinski definition) is 1. The van der Waals surface area contributed by atoms with Crippen LogP contribution in [0.1, 0.15) is 34.1 Å². The fourth-order valence-electron chi connectivity index (χ4n) is 2.50. The highest BCUT2D eigenvalue weighted by molar-refractivity contribution is 14.1. The van der Waals surface area contributed by atoms with Gasteiger partial charge < -0.3 is 9.84 Å². The monoisotopic (exact) mass is 397 g/mol. The molecule has 2 aromatic rings. The number of aliphatic hydroxyl groups is 1. The lowest BCUT2D eigenvalue weighted by Gasteiger charge is -2.17. The lowest BCUT2D eigenvalue weighted by atomic mass is 10.00. The summed E-state index contributed by atoms with van der Waals surface area (Å²) < 4.78 is 6.53. The highest BCUT2D eigenvalue weighted by atomic mass is 127. The molecular weight excluding hydrogens is 377 g/mol. The number of benzene rings is 1. The van der Waals surface area contributed by atoms with Gasteiger partial charge in [-0.2, -0.15) is 0 Å². The smallest absolute Gasteiger partial charge is 0.128 e. The second-order valence-corrected chi connectivity index (χ2v) is 6.32. The Morgan fingerprint density at radius 1 is 1.24 bits per heavy atom. The van der Waals surface area contributed by atoms with E-state index in [0.717, 1.165) is 31.7 Å². The third-order valence-corrected chi connectivity index (χ3v) is 5.19. The van der Waals surface area contributed by atoms with E-state index in [9.17, 15) is 5.11 Å². The highest BCUT2D eigenvalue weighted by Crippen LogP contribution is 2.29. The maximum atomic E-state index is 10.6. The maximum absolute atomic E-state index is 10.6. The number of ether oxygens (including phenoxy) is 1. The minimum atomic E-state index is -0.560. The van der Waals surface area contributed by atoms with E-state index in [2.05, 4.69) is 40.6 Å². The van der Waals surface area contributed by atoms with Crippen molar-refractivity contribution in [3.05, 3.63) is 55.9 Å². The Hall–Kier alpha value is -1.14. The van der Waals surface area contributed by atoms with Crippen molar-refractivity contribution in [1.29, 1.82) is 0 Å². The molecule has 1 aromatic heterocycles. The molecular formula is C17H20INO2. The second kappa shape index (κ2) is 6.75.